The Morgan fingerprint density at radius 1 is 1.14 bits per heavy atom. The Bertz CT molecular complexity index is 1360. The molecule has 0 bridgehead atoms. The second-order valence-corrected chi connectivity index (χ2v) is 9.98. The van der Waals surface area contributed by atoms with Crippen molar-refractivity contribution in [2.24, 2.45) is 0 Å². The number of carboxylic acids is 1. The van der Waals surface area contributed by atoms with Crippen molar-refractivity contribution in [3.8, 4) is 0 Å². The number of fused-ring (bicyclic) bond motifs is 1. The Balaban J connectivity index is 0.000000479. The fourth-order valence-corrected chi connectivity index (χ4v) is 5.10. The number of alkyl halides is 3. The molecule has 2 aromatic heterocycles. The number of pyridine rings is 1. The number of carbonyl (C=O) groups excluding carboxylic acids is 1. The van der Waals surface area contributed by atoms with Crippen molar-refractivity contribution < 1.29 is 36.3 Å². The first-order valence-electron chi connectivity index (χ1n) is 10.9. The SMILES string of the molecule is Cc1ccc(S(=O)(=O)N2CCn3cc(C(=O)NCc4ccccn4)nc3C2C)cc1.O=C(O)C(F)(F)F. The molecule has 14 heteroatoms. The van der Waals surface area contributed by atoms with Crippen LogP contribution in [0.1, 0.15) is 40.5 Å². The largest absolute Gasteiger partial charge is 0.490 e. The Labute approximate surface area is 210 Å². The normalized spacial score (nSPS) is 15.8. The highest BCUT2D eigenvalue weighted by atomic mass is 32.2. The fraction of sp³-hybridized carbons (Fsp3) is 0.304. The summed E-state index contributed by atoms with van der Waals surface area (Å²) in [6, 6.07) is 11.8. The molecule has 0 spiro atoms. The van der Waals surface area contributed by atoms with Crippen LogP contribution < -0.4 is 5.32 Å². The minimum Gasteiger partial charge on any atom is -0.475 e. The van der Waals surface area contributed by atoms with Gasteiger partial charge in [0.15, 0.2) is 0 Å². The summed E-state index contributed by atoms with van der Waals surface area (Å²) in [5, 5.41) is 9.93. The summed E-state index contributed by atoms with van der Waals surface area (Å²) in [6.07, 6.45) is -1.74. The number of carboxylic acid groups (broad SMARTS) is 1. The van der Waals surface area contributed by atoms with Gasteiger partial charge in [0.25, 0.3) is 5.91 Å². The highest BCUT2D eigenvalue weighted by Crippen LogP contribution is 2.30. The smallest absolute Gasteiger partial charge is 0.475 e. The predicted octanol–water partition coefficient (Wildman–Crippen LogP) is 2.92. The van der Waals surface area contributed by atoms with Gasteiger partial charge in [-0.1, -0.05) is 23.8 Å². The Morgan fingerprint density at radius 3 is 2.35 bits per heavy atom. The van der Waals surface area contributed by atoms with E-state index in [0.29, 0.717) is 25.5 Å². The van der Waals surface area contributed by atoms with E-state index in [1.54, 1.807) is 43.6 Å². The predicted molar refractivity (Wildman–Crippen MR) is 125 cm³/mol. The molecule has 1 aromatic carbocycles. The molecule has 1 unspecified atom stereocenters. The molecule has 3 heterocycles. The van der Waals surface area contributed by atoms with Gasteiger partial charge < -0.3 is 15.0 Å². The van der Waals surface area contributed by atoms with Gasteiger partial charge in [0.05, 0.1) is 23.2 Å². The third-order valence-corrected chi connectivity index (χ3v) is 7.42. The number of aromatic nitrogens is 3. The van der Waals surface area contributed by atoms with Crippen LogP contribution in [0.2, 0.25) is 0 Å². The first-order valence-corrected chi connectivity index (χ1v) is 12.4. The number of benzene rings is 1. The molecule has 198 valence electrons. The number of nitrogens with one attached hydrogen (secondary N) is 1. The molecule has 4 rings (SSSR count). The van der Waals surface area contributed by atoms with E-state index in [0.717, 1.165) is 11.3 Å². The minimum atomic E-state index is -5.08. The lowest BCUT2D eigenvalue weighted by atomic mass is 10.2. The van der Waals surface area contributed by atoms with Crippen molar-refractivity contribution in [3.05, 3.63) is 77.6 Å². The third kappa shape index (κ3) is 6.71. The van der Waals surface area contributed by atoms with Crippen molar-refractivity contribution in [1.29, 1.82) is 0 Å². The van der Waals surface area contributed by atoms with Crippen molar-refractivity contribution in [2.75, 3.05) is 6.54 Å². The standard InChI is InChI=1S/C21H23N5O3S.C2HF3O2/c1-15-6-8-18(9-7-15)30(28,29)26-12-11-25-14-19(24-20(25)16(26)2)21(27)23-13-17-5-3-4-10-22-17;3-2(4,5)1(6)7/h3-10,14,16H,11-13H2,1-2H3,(H,23,27);(H,6,7). The zero-order valence-corrected chi connectivity index (χ0v) is 20.6. The molecule has 2 N–H and O–H groups in total. The minimum absolute atomic E-state index is 0.258. The Hall–Kier alpha value is -3.78. The van der Waals surface area contributed by atoms with Gasteiger partial charge in [-0.2, -0.15) is 17.5 Å². The number of amides is 1. The topological polar surface area (TPSA) is 134 Å². The van der Waals surface area contributed by atoms with Crippen molar-refractivity contribution >= 4 is 21.9 Å². The summed E-state index contributed by atoms with van der Waals surface area (Å²) < 4.78 is 61.3. The lowest BCUT2D eigenvalue weighted by molar-refractivity contribution is -0.192. The molecule has 0 aliphatic carbocycles. The number of aryl methyl sites for hydroxylation is 1. The monoisotopic (exact) mass is 539 g/mol. The number of nitrogens with zero attached hydrogens (tertiary/aromatic N) is 4. The van der Waals surface area contributed by atoms with E-state index in [2.05, 4.69) is 15.3 Å². The zero-order chi connectivity index (χ0) is 27.4. The summed E-state index contributed by atoms with van der Waals surface area (Å²) in [6.45, 7) is 4.75. The van der Waals surface area contributed by atoms with Crippen LogP contribution in [0.3, 0.4) is 0 Å². The number of aliphatic carboxylic acids is 1. The van der Waals surface area contributed by atoms with Crippen LogP contribution in [0.5, 0.6) is 0 Å². The van der Waals surface area contributed by atoms with Gasteiger partial charge in [0, 0.05) is 25.5 Å². The second kappa shape index (κ2) is 11.1. The van der Waals surface area contributed by atoms with Crippen molar-refractivity contribution in [2.45, 2.75) is 44.1 Å². The van der Waals surface area contributed by atoms with E-state index in [9.17, 15) is 26.4 Å². The molecule has 1 amide bonds. The van der Waals surface area contributed by atoms with Crippen LogP contribution in [0.25, 0.3) is 0 Å². The summed E-state index contributed by atoms with van der Waals surface area (Å²) >= 11 is 0. The van der Waals surface area contributed by atoms with E-state index >= 15 is 0 Å². The summed E-state index contributed by atoms with van der Waals surface area (Å²) in [5.74, 6) is -2.52. The quantitative estimate of drug-likeness (QED) is 0.509. The first kappa shape index (κ1) is 27.8. The average Bonchev–Trinajstić information content (AvgIpc) is 3.29. The van der Waals surface area contributed by atoms with Gasteiger partial charge in [-0.3, -0.25) is 9.78 Å². The average molecular weight is 540 g/mol. The molecule has 1 aliphatic heterocycles. The molecule has 0 saturated carbocycles. The maximum Gasteiger partial charge on any atom is 0.490 e. The van der Waals surface area contributed by atoms with Gasteiger partial charge in [0.2, 0.25) is 10.0 Å². The van der Waals surface area contributed by atoms with Gasteiger partial charge >= 0.3 is 12.1 Å². The van der Waals surface area contributed by atoms with E-state index in [1.807, 2.05) is 29.7 Å². The van der Waals surface area contributed by atoms with E-state index in [4.69, 9.17) is 9.90 Å². The van der Waals surface area contributed by atoms with Crippen LogP contribution in [0, 0.1) is 6.92 Å². The lowest BCUT2D eigenvalue weighted by Crippen LogP contribution is -2.41. The number of carbonyl (C=O) groups is 2. The molecule has 0 fully saturated rings. The molecule has 0 radical (unpaired) electrons. The Morgan fingerprint density at radius 2 is 1.78 bits per heavy atom. The zero-order valence-electron chi connectivity index (χ0n) is 19.8. The van der Waals surface area contributed by atoms with Crippen LogP contribution in [-0.4, -0.2) is 57.0 Å². The summed E-state index contributed by atoms with van der Waals surface area (Å²) in [7, 11) is -3.66. The number of hydrogen-bond donors (Lipinski definition) is 2. The van der Waals surface area contributed by atoms with E-state index in [1.165, 1.54) is 4.31 Å². The molecule has 37 heavy (non-hydrogen) atoms. The Kier molecular flexibility index (Phi) is 8.33. The van der Waals surface area contributed by atoms with Gasteiger partial charge in [-0.05, 0) is 38.1 Å². The molecule has 10 nitrogen and oxygen atoms in total. The van der Waals surface area contributed by atoms with Crippen LogP contribution in [0.4, 0.5) is 13.2 Å². The third-order valence-electron chi connectivity index (χ3n) is 5.43. The maximum absolute atomic E-state index is 13.1. The summed E-state index contributed by atoms with van der Waals surface area (Å²) in [4.78, 5) is 30.3. The van der Waals surface area contributed by atoms with Gasteiger partial charge in [-0.15, -0.1) is 0 Å². The van der Waals surface area contributed by atoms with Crippen molar-refractivity contribution in [1.82, 2.24) is 24.2 Å². The number of sulfonamides is 1. The molecule has 0 saturated heterocycles. The van der Waals surface area contributed by atoms with E-state index < -0.39 is 28.2 Å². The molecule has 1 atom stereocenters. The number of halogens is 3. The highest BCUT2D eigenvalue weighted by molar-refractivity contribution is 7.89. The molecule has 1 aliphatic rings. The first-order chi connectivity index (χ1) is 17.3. The van der Waals surface area contributed by atoms with E-state index in [-0.39, 0.29) is 16.5 Å². The van der Waals surface area contributed by atoms with Crippen LogP contribution >= 0.6 is 0 Å². The number of imidazole rings is 1. The van der Waals surface area contributed by atoms with Gasteiger partial charge in [0.1, 0.15) is 11.5 Å². The molecular weight excluding hydrogens is 515 g/mol. The number of rotatable bonds is 5. The molecule has 3 aromatic rings. The maximum atomic E-state index is 13.1. The number of hydrogen-bond acceptors (Lipinski definition) is 6. The summed E-state index contributed by atoms with van der Waals surface area (Å²) in [5.41, 5.74) is 2.01. The van der Waals surface area contributed by atoms with Crippen LogP contribution in [0.15, 0.2) is 59.8 Å². The van der Waals surface area contributed by atoms with Crippen molar-refractivity contribution in [3.63, 3.8) is 0 Å². The van der Waals surface area contributed by atoms with Gasteiger partial charge in [-0.25, -0.2) is 18.2 Å². The lowest BCUT2D eigenvalue weighted by Gasteiger charge is -2.32. The second-order valence-electron chi connectivity index (χ2n) is 8.09. The molecular formula is C23H24F3N5O5S. The fourth-order valence-electron chi connectivity index (χ4n) is 3.52. The van der Waals surface area contributed by atoms with Crippen LogP contribution in [-0.2, 0) is 27.9 Å². The highest BCUT2D eigenvalue weighted by Gasteiger charge is 2.38.